The molecule has 0 bridgehead atoms. The molecule has 1 aromatic carbocycles. The highest BCUT2D eigenvalue weighted by atomic mass is 32.2. The van der Waals surface area contributed by atoms with Crippen LogP contribution in [0.1, 0.15) is 0 Å². The van der Waals surface area contributed by atoms with Crippen LogP contribution in [0.5, 0.6) is 5.75 Å². The van der Waals surface area contributed by atoms with Gasteiger partial charge in [0.25, 0.3) is 0 Å². The first kappa shape index (κ1) is 14.6. The smallest absolute Gasteiger partial charge is 0.227 e. The number of hydrogen-bond donors (Lipinski definition) is 0. The number of ether oxygens (including phenoxy) is 1. The summed E-state index contributed by atoms with van der Waals surface area (Å²) >= 11 is 0. The van der Waals surface area contributed by atoms with E-state index in [4.69, 9.17) is 10.00 Å². The lowest BCUT2D eigenvalue weighted by Gasteiger charge is -2.35. The molecule has 0 unspecified atom stereocenters. The molecule has 7 heteroatoms. The van der Waals surface area contributed by atoms with Crippen LogP contribution in [0.2, 0.25) is 0 Å². The van der Waals surface area contributed by atoms with Crippen molar-refractivity contribution in [1.29, 1.82) is 5.26 Å². The fourth-order valence-corrected chi connectivity index (χ4v) is 3.26. The van der Waals surface area contributed by atoms with E-state index >= 15 is 0 Å². The standard InChI is InChI=1S/C13H17N3O3S/c1-19-13-4-2-12(3-5-13)15-7-9-16(10-8-15)20(17,18)11-6-14/h2-5H,7-11H2,1H3. The van der Waals surface area contributed by atoms with Crippen LogP contribution in [0, 0.1) is 11.3 Å². The molecular weight excluding hydrogens is 278 g/mol. The van der Waals surface area contributed by atoms with E-state index in [1.165, 1.54) is 4.31 Å². The van der Waals surface area contributed by atoms with Gasteiger partial charge in [-0.25, -0.2) is 8.42 Å². The highest BCUT2D eigenvalue weighted by Crippen LogP contribution is 2.21. The normalized spacial score (nSPS) is 16.7. The number of benzene rings is 1. The summed E-state index contributed by atoms with van der Waals surface area (Å²) in [5, 5.41) is 8.53. The van der Waals surface area contributed by atoms with E-state index in [-0.39, 0.29) is 0 Å². The van der Waals surface area contributed by atoms with Crippen molar-refractivity contribution in [3.63, 3.8) is 0 Å². The summed E-state index contributed by atoms with van der Waals surface area (Å²) in [4.78, 5) is 2.12. The van der Waals surface area contributed by atoms with Crippen LogP contribution in [0.15, 0.2) is 24.3 Å². The minimum absolute atomic E-state index is 0.413. The molecule has 6 nitrogen and oxygen atoms in total. The zero-order chi connectivity index (χ0) is 14.6. The van der Waals surface area contributed by atoms with Crippen LogP contribution < -0.4 is 9.64 Å². The number of nitriles is 1. The zero-order valence-electron chi connectivity index (χ0n) is 11.3. The van der Waals surface area contributed by atoms with Gasteiger partial charge in [-0.3, -0.25) is 0 Å². The van der Waals surface area contributed by atoms with E-state index in [9.17, 15) is 8.42 Å². The van der Waals surface area contributed by atoms with Gasteiger partial charge in [-0.05, 0) is 24.3 Å². The van der Waals surface area contributed by atoms with Gasteiger partial charge in [-0.1, -0.05) is 0 Å². The number of sulfonamides is 1. The molecule has 2 rings (SSSR count). The maximum absolute atomic E-state index is 11.8. The Labute approximate surface area is 119 Å². The molecule has 108 valence electrons. The highest BCUT2D eigenvalue weighted by molar-refractivity contribution is 7.89. The minimum atomic E-state index is -3.42. The highest BCUT2D eigenvalue weighted by Gasteiger charge is 2.26. The number of anilines is 1. The molecule has 1 aliphatic rings. The van der Waals surface area contributed by atoms with Gasteiger partial charge in [-0.15, -0.1) is 0 Å². The van der Waals surface area contributed by atoms with Crippen molar-refractivity contribution in [2.45, 2.75) is 0 Å². The zero-order valence-corrected chi connectivity index (χ0v) is 12.1. The lowest BCUT2D eigenvalue weighted by Crippen LogP contribution is -2.49. The third-order valence-corrected chi connectivity index (χ3v) is 4.96. The fourth-order valence-electron chi connectivity index (χ4n) is 2.19. The predicted octanol–water partition coefficient (Wildman–Crippen LogP) is 0.671. The summed E-state index contributed by atoms with van der Waals surface area (Å²) in [6.07, 6.45) is 0. The number of methoxy groups -OCH3 is 1. The Morgan fingerprint density at radius 3 is 2.30 bits per heavy atom. The average Bonchev–Trinajstić information content (AvgIpc) is 2.47. The molecule has 0 spiro atoms. The first-order valence-electron chi connectivity index (χ1n) is 6.30. The topological polar surface area (TPSA) is 73.6 Å². The van der Waals surface area contributed by atoms with Gasteiger partial charge in [0, 0.05) is 31.9 Å². The van der Waals surface area contributed by atoms with Crippen LogP contribution in [0.25, 0.3) is 0 Å². The predicted molar refractivity (Wildman–Crippen MR) is 76.2 cm³/mol. The molecule has 0 aromatic heterocycles. The average molecular weight is 295 g/mol. The minimum Gasteiger partial charge on any atom is -0.497 e. The Hall–Kier alpha value is -1.78. The molecule has 0 radical (unpaired) electrons. The summed E-state index contributed by atoms with van der Waals surface area (Å²) in [7, 11) is -1.81. The van der Waals surface area contributed by atoms with E-state index in [0.29, 0.717) is 26.2 Å². The van der Waals surface area contributed by atoms with Crippen LogP contribution >= 0.6 is 0 Å². The SMILES string of the molecule is COc1ccc(N2CCN(S(=O)(=O)CC#N)CC2)cc1. The van der Waals surface area contributed by atoms with Crippen LogP contribution in [0.3, 0.4) is 0 Å². The van der Waals surface area contributed by atoms with Gasteiger partial charge < -0.3 is 9.64 Å². The molecule has 1 aromatic rings. The van der Waals surface area contributed by atoms with Crippen LogP contribution in [-0.2, 0) is 10.0 Å². The molecule has 1 aliphatic heterocycles. The number of nitrogens with zero attached hydrogens (tertiary/aromatic N) is 3. The van der Waals surface area contributed by atoms with E-state index in [1.807, 2.05) is 24.3 Å². The Morgan fingerprint density at radius 1 is 1.20 bits per heavy atom. The van der Waals surface area contributed by atoms with E-state index in [0.717, 1.165) is 11.4 Å². The largest absolute Gasteiger partial charge is 0.497 e. The van der Waals surface area contributed by atoms with Gasteiger partial charge >= 0.3 is 0 Å². The Balaban J connectivity index is 1.99. The van der Waals surface area contributed by atoms with Crippen molar-refractivity contribution < 1.29 is 13.2 Å². The van der Waals surface area contributed by atoms with Crippen molar-refractivity contribution in [1.82, 2.24) is 4.31 Å². The maximum Gasteiger partial charge on any atom is 0.227 e. The summed E-state index contributed by atoms with van der Waals surface area (Å²) in [5.74, 6) is 0.346. The van der Waals surface area contributed by atoms with Crippen LogP contribution in [0.4, 0.5) is 5.69 Å². The molecular formula is C13H17N3O3S. The van der Waals surface area contributed by atoms with Crippen molar-refractivity contribution in [2.24, 2.45) is 0 Å². The molecule has 1 fully saturated rings. The lowest BCUT2D eigenvalue weighted by atomic mass is 10.2. The molecule has 0 saturated carbocycles. The van der Waals surface area contributed by atoms with Gasteiger partial charge in [0.05, 0.1) is 13.2 Å². The van der Waals surface area contributed by atoms with Crippen molar-refractivity contribution in [3.05, 3.63) is 24.3 Å². The fraction of sp³-hybridized carbons (Fsp3) is 0.462. The third-order valence-electron chi connectivity index (χ3n) is 3.32. The number of hydrogen-bond acceptors (Lipinski definition) is 5. The van der Waals surface area contributed by atoms with Gasteiger partial charge in [-0.2, -0.15) is 9.57 Å². The molecule has 1 heterocycles. The first-order valence-corrected chi connectivity index (χ1v) is 7.91. The van der Waals surface area contributed by atoms with Crippen molar-refractivity contribution >= 4 is 15.7 Å². The monoisotopic (exact) mass is 295 g/mol. The third kappa shape index (κ3) is 3.21. The van der Waals surface area contributed by atoms with Crippen molar-refractivity contribution in [2.75, 3.05) is 43.9 Å². The summed E-state index contributed by atoms with van der Waals surface area (Å²) < 4.78 is 30.1. The maximum atomic E-state index is 11.8. The van der Waals surface area contributed by atoms with E-state index in [2.05, 4.69) is 4.90 Å². The molecule has 1 saturated heterocycles. The van der Waals surface area contributed by atoms with Crippen molar-refractivity contribution in [3.8, 4) is 11.8 Å². The Kier molecular flexibility index (Phi) is 4.47. The summed E-state index contributed by atoms with van der Waals surface area (Å²) in [6, 6.07) is 9.38. The summed E-state index contributed by atoms with van der Waals surface area (Å²) in [6.45, 7) is 2.07. The van der Waals surface area contributed by atoms with Gasteiger partial charge in [0.15, 0.2) is 5.75 Å². The van der Waals surface area contributed by atoms with E-state index < -0.39 is 15.8 Å². The second kappa shape index (κ2) is 6.11. The summed E-state index contributed by atoms with van der Waals surface area (Å²) in [5.41, 5.74) is 1.04. The Bertz CT molecular complexity index is 584. The first-order chi connectivity index (χ1) is 9.56. The van der Waals surface area contributed by atoms with Crippen LogP contribution in [-0.4, -0.2) is 51.8 Å². The molecule has 0 N–H and O–H groups in total. The number of piperazine rings is 1. The lowest BCUT2D eigenvalue weighted by molar-refractivity contribution is 0.386. The van der Waals surface area contributed by atoms with Gasteiger partial charge in [0.1, 0.15) is 5.75 Å². The second-order valence-electron chi connectivity index (χ2n) is 4.50. The van der Waals surface area contributed by atoms with E-state index in [1.54, 1.807) is 13.2 Å². The quantitative estimate of drug-likeness (QED) is 0.816. The molecule has 0 aliphatic carbocycles. The molecule has 0 amide bonds. The Morgan fingerprint density at radius 2 is 1.80 bits per heavy atom. The molecule has 0 atom stereocenters. The second-order valence-corrected chi connectivity index (χ2v) is 6.47. The molecule has 20 heavy (non-hydrogen) atoms. The number of rotatable bonds is 4. The van der Waals surface area contributed by atoms with Gasteiger partial charge in [0.2, 0.25) is 10.0 Å².